The SMILES string of the molecule is Cc1cc(C(CCCC(=O)O)NC(=O)N2CCC(N3Cc4ccccc4NC3=O)CC2)ccc1Cl. The predicted octanol–water partition coefficient (Wildman–Crippen LogP) is 5.17. The van der Waals surface area contributed by atoms with Crippen LogP contribution >= 0.6 is 11.6 Å². The summed E-state index contributed by atoms with van der Waals surface area (Å²) in [6, 6.07) is 12.9. The average molecular weight is 499 g/mol. The second kappa shape index (κ2) is 11.0. The van der Waals surface area contributed by atoms with Crippen LogP contribution in [0, 0.1) is 6.92 Å². The molecule has 4 rings (SSSR count). The minimum atomic E-state index is -0.853. The van der Waals surface area contributed by atoms with Gasteiger partial charge >= 0.3 is 18.0 Å². The molecule has 2 aliphatic rings. The van der Waals surface area contributed by atoms with Crippen LogP contribution in [-0.2, 0) is 11.3 Å². The van der Waals surface area contributed by atoms with Gasteiger partial charge in [-0.05, 0) is 61.4 Å². The maximum Gasteiger partial charge on any atom is 0.322 e. The van der Waals surface area contributed by atoms with Crippen molar-refractivity contribution in [2.75, 3.05) is 18.4 Å². The molecular weight excluding hydrogens is 468 g/mol. The monoisotopic (exact) mass is 498 g/mol. The molecule has 186 valence electrons. The van der Waals surface area contributed by atoms with Crippen molar-refractivity contribution in [3.8, 4) is 0 Å². The molecule has 1 atom stereocenters. The highest BCUT2D eigenvalue weighted by molar-refractivity contribution is 6.31. The zero-order chi connectivity index (χ0) is 24.9. The van der Waals surface area contributed by atoms with Gasteiger partial charge in [0.15, 0.2) is 0 Å². The molecule has 1 unspecified atom stereocenters. The molecule has 0 aromatic heterocycles. The van der Waals surface area contributed by atoms with Gasteiger partial charge in [0.05, 0.1) is 6.04 Å². The van der Waals surface area contributed by atoms with Gasteiger partial charge in [0.1, 0.15) is 0 Å². The van der Waals surface area contributed by atoms with Crippen molar-refractivity contribution in [3.63, 3.8) is 0 Å². The van der Waals surface area contributed by atoms with E-state index in [1.54, 1.807) is 11.0 Å². The molecular formula is C26H31ClN4O4. The number of para-hydroxylation sites is 1. The zero-order valence-corrected chi connectivity index (χ0v) is 20.6. The lowest BCUT2D eigenvalue weighted by Gasteiger charge is -2.40. The molecule has 2 aliphatic heterocycles. The van der Waals surface area contributed by atoms with Gasteiger partial charge in [0, 0.05) is 42.8 Å². The van der Waals surface area contributed by atoms with Gasteiger partial charge in [-0.25, -0.2) is 9.59 Å². The third-order valence-electron chi connectivity index (χ3n) is 6.82. The molecule has 9 heteroatoms. The van der Waals surface area contributed by atoms with Crippen LogP contribution in [0.2, 0.25) is 5.02 Å². The van der Waals surface area contributed by atoms with Crippen LogP contribution in [0.4, 0.5) is 15.3 Å². The zero-order valence-electron chi connectivity index (χ0n) is 19.8. The Morgan fingerprint density at radius 1 is 1.20 bits per heavy atom. The summed E-state index contributed by atoms with van der Waals surface area (Å²) in [5.74, 6) is -0.853. The number of fused-ring (bicyclic) bond motifs is 1. The number of piperidine rings is 1. The number of urea groups is 2. The number of nitrogens with zero attached hydrogens (tertiary/aromatic N) is 2. The molecule has 8 nitrogen and oxygen atoms in total. The van der Waals surface area contributed by atoms with E-state index in [1.807, 2.05) is 48.2 Å². The Hall–Kier alpha value is -3.26. The summed E-state index contributed by atoms with van der Waals surface area (Å²) in [5, 5.41) is 15.7. The first-order chi connectivity index (χ1) is 16.8. The Bertz CT molecular complexity index is 1100. The second-order valence-corrected chi connectivity index (χ2v) is 9.64. The van der Waals surface area contributed by atoms with Crippen molar-refractivity contribution in [2.24, 2.45) is 0 Å². The normalized spacial score (nSPS) is 16.9. The molecule has 1 saturated heterocycles. The first-order valence-electron chi connectivity index (χ1n) is 12.0. The summed E-state index contributed by atoms with van der Waals surface area (Å²) in [7, 11) is 0. The fraction of sp³-hybridized carbons (Fsp3) is 0.423. The second-order valence-electron chi connectivity index (χ2n) is 9.23. The Morgan fingerprint density at radius 3 is 2.66 bits per heavy atom. The number of aryl methyl sites for hydroxylation is 1. The van der Waals surface area contributed by atoms with Crippen LogP contribution in [0.3, 0.4) is 0 Å². The number of hydrogen-bond acceptors (Lipinski definition) is 3. The smallest absolute Gasteiger partial charge is 0.322 e. The molecule has 35 heavy (non-hydrogen) atoms. The van der Waals surface area contributed by atoms with E-state index >= 15 is 0 Å². The van der Waals surface area contributed by atoms with E-state index in [0.29, 0.717) is 50.3 Å². The van der Waals surface area contributed by atoms with Gasteiger partial charge in [-0.1, -0.05) is 41.9 Å². The first-order valence-corrected chi connectivity index (χ1v) is 12.4. The Morgan fingerprint density at radius 2 is 1.94 bits per heavy atom. The van der Waals surface area contributed by atoms with E-state index in [2.05, 4.69) is 10.6 Å². The molecule has 2 aromatic rings. The third kappa shape index (κ3) is 6.06. The number of benzene rings is 2. The maximum absolute atomic E-state index is 13.1. The largest absolute Gasteiger partial charge is 0.481 e. The molecule has 2 aromatic carbocycles. The lowest BCUT2D eigenvalue weighted by molar-refractivity contribution is -0.137. The molecule has 0 radical (unpaired) electrons. The number of carbonyl (C=O) groups excluding carboxylic acids is 2. The fourth-order valence-corrected chi connectivity index (χ4v) is 4.92. The van der Waals surface area contributed by atoms with E-state index in [1.165, 1.54) is 0 Å². The summed E-state index contributed by atoms with van der Waals surface area (Å²) in [5.41, 5.74) is 3.76. The highest BCUT2D eigenvalue weighted by atomic mass is 35.5. The van der Waals surface area contributed by atoms with Crippen LogP contribution in [0.25, 0.3) is 0 Å². The third-order valence-corrected chi connectivity index (χ3v) is 7.24. The molecule has 0 aliphatic carbocycles. The summed E-state index contributed by atoms with van der Waals surface area (Å²) < 4.78 is 0. The highest BCUT2D eigenvalue weighted by Crippen LogP contribution is 2.28. The van der Waals surface area contributed by atoms with Gasteiger partial charge in [-0.15, -0.1) is 0 Å². The van der Waals surface area contributed by atoms with Crippen LogP contribution in [0.15, 0.2) is 42.5 Å². The van der Waals surface area contributed by atoms with Crippen LogP contribution in [0.1, 0.15) is 54.8 Å². The van der Waals surface area contributed by atoms with Crippen LogP contribution < -0.4 is 10.6 Å². The molecule has 4 amide bonds. The number of likely N-dealkylation sites (tertiary alicyclic amines) is 1. The minimum absolute atomic E-state index is 0.0470. The summed E-state index contributed by atoms with van der Waals surface area (Å²) in [6.07, 6.45) is 2.42. The minimum Gasteiger partial charge on any atom is -0.481 e. The molecule has 0 saturated carbocycles. The molecule has 3 N–H and O–H groups in total. The van der Waals surface area contributed by atoms with Crippen LogP contribution in [-0.4, -0.2) is 52.1 Å². The van der Waals surface area contributed by atoms with Crippen molar-refractivity contribution >= 4 is 35.3 Å². The van der Waals surface area contributed by atoms with Crippen LogP contribution in [0.5, 0.6) is 0 Å². The first kappa shape index (κ1) is 24.9. The standard InChI is InChI=1S/C26H31ClN4O4/c1-17-15-18(9-10-21(17)27)22(7-4-8-24(32)33)28-25(34)30-13-11-20(12-14-30)31-16-19-5-2-3-6-23(19)29-26(31)35/h2-3,5-6,9-10,15,20,22H,4,7-8,11-14,16H2,1H3,(H,28,34)(H,29,35)(H,32,33). The summed E-state index contributed by atoms with van der Waals surface area (Å²) in [4.78, 5) is 40.4. The quantitative estimate of drug-likeness (QED) is 0.490. The lowest BCUT2D eigenvalue weighted by atomic mass is 9.99. The number of nitrogens with one attached hydrogen (secondary N) is 2. The van der Waals surface area contributed by atoms with Crippen molar-refractivity contribution in [3.05, 3.63) is 64.2 Å². The summed E-state index contributed by atoms with van der Waals surface area (Å²) >= 11 is 6.17. The van der Waals surface area contributed by atoms with Gasteiger partial charge in [-0.2, -0.15) is 0 Å². The molecule has 0 spiro atoms. The van der Waals surface area contributed by atoms with Gasteiger partial charge < -0.3 is 25.5 Å². The Labute approximate surface area is 210 Å². The maximum atomic E-state index is 13.1. The Balaban J connectivity index is 1.36. The number of carboxylic acids is 1. The van der Waals surface area contributed by atoms with Crippen molar-refractivity contribution < 1.29 is 19.5 Å². The fourth-order valence-electron chi connectivity index (χ4n) is 4.80. The Kier molecular flexibility index (Phi) is 7.80. The molecule has 0 bridgehead atoms. The van der Waals surface area contributed by atoms with Crippen molar-refractivity contribution in [2.45, 2.75) is 57.7 Å². The van der Waals surface area contributed by atoms with Gasteiger partial charge in [0.2, 0.25) is 0 Å². The number of carbonyl (C=O) groups is 3. The number of amides is 4. The van der Waals surface area contributed by atoms with Gasteiger partial charge in [0.25, 0.3) is 0 Å². The highest BCUT2D eigenvalue weighted by Gasteiger charge is 2.33. The number of rotatable bonds is 7. The number of aliphatic carboxylic acids is 1. The number of anilines is 1. The topological polar surface area (TPSA) is 102 Å². The van der Waals surface area contributed by atoms with E-state index in [-0.39, 0.29) is 30.6 Å². The average Bonchev–Trinajstić information content (AvgIpc) is 2.84. The number of carboxylic acid groups (broad SMARTS) is 1. The van der Waals surface area contributed by atoms with E-state index in [4.69, 9.17) is 16.7 Å². The van der Waals surface area contributed by atoms with Gasteiger partial charge in [-0.3, -0.25) is 4.79 Å². The van der Waals surface area contributed by atoms with Crippen molar-refractivity contribution in [1.82, 2.24) is 15.1 Å². The van der Waals surface area contributed by atoms with Crippen molar-refractivity contribution in [1.29, 1.82) is 0 Å². The van der Waals surface area contributed by atoms with E-state index in [0.717, 1.165) is 22.4 Å². The lowest BCUT2D eigenvalue weighted by Crippen LogP contribution is -2.52. The number of halogens is 1. The predicted molar refractivity (Wildman–Crippen MR) is 135 cm³/mol. The molecule has 2 heterocycles. The number of hydrogen-bond donors (Lipinski definition) is 3. The van der Waals surface area contributed by atoms with E-state index in [9.17, 15) is 14.4 Å². The van der Waals surface area contributed by atoms with E-state index < -0.39 is 5.97 Å². The summed E-state index contributed by atoms with van der Waals surface area (Å²) in [6.45, 7) is 3.56. The molecule has 1 fully saturated rings.